The minimum Gasteiger partial charge on any atom is -0.511 e. The summed E-state index contributed by atoms with van der Waals surface area (Å²) in [5.74, 6) is 0.854. The van der Waals surface area contributed by atoms with Crippen molar-refractivity contribution >= 4 is 7.32 Å². The maximum absolute atomic E-state index is 5.43. The van der Waals surface area contributed by atoms with Crippen molar-refractivity contribution in [3.8, 4) is 5.75 Å². The topological polar surface area (TPSA) is 27.7 Å². The van der Waals surface area contributed by atoms with Gasteiger partial charge in [-0.25, -0.2) is 0 Å². The van der Waals surface area contributed by atoms with Gasteiger partial charge in [0.05, 0.1) is 6.61 Å². The third-order valence-electron chi connectivity index (χ3n) is 1.87. The van der Waals surface area contributed by atoms with Crippen molar-refractivity contribution in [3.63, 3.8) is 0 Å². The molecule has 13 heavy (non-hydrogen) atoms. The van der Waals surface area contributed by atoms with Gasteiger partial charge in [0.2, 0.25) is 0 Å². The molecule has 1 aliphatic rings. The second kappa shape index (κ2) is 3.81. The van der Waals surface area contributed by atoms with Crippen molar-refractivity contribution in [1.82, 2.24) is 0 Å². The van der Waals surface area contributed by atoms with Crippen LogP contribution in [-0.4, -0.2) is 13.9 Å². The molecule has 0 spiro atoms. The van der Waals surface area contributed by atoms with E-state index in [1.165, 1.54) is 0 Å². The van der Waals surface area contributed by atoms with Gasteiger partial charge in [-0.2, -0.15) is 0 Å². The lowest BCUT2D eigenvalue weighted by molar-refractivity contribution is 0.122. The van der Waals surface area contributed by atoms with Crippen LogP contribution in [0.1, 0.15) is 12.5 Å². The molecule has 0 radical (unpaired) electrons. The molecule has 0 aromatic heterocycles. The van der Waals surface area contributed by atoms with Gasteiger partial charge in [-0.05, 0) is 13.0 Å². The van der Waals surface area contributed by atoms with E-state index >= 15 is 0 Å². The van der Waals surface area contributed by atoms with Crippen LogP contribution < -0.4 is 4.65 Å². The molecule has 1 aromatic rings. The fourth-order valence-corrected chi connectivity index (χ4v) is 1.25. The summed E-state index contributed by atoms with van der Waals surface area (Å²) in [6.45, 7) is 3.06. The minimum absolute atomic E-state index is 0.542. The standard InChI is InChI=1S/C9H11BO3/c1-2-11-10-12-7-8-5-3-4-6-9(8)13-10/h3-6H,2,7H2,1H3. The molecule has 4 heteroatoms. The third kappa shape index (κ3) is 1.84. The van der Waals surface area contributed by atoms with Gasteiger partial charge >= 0.3 is 7.32 Å². The molecule has 3 nitrogen and oxygen atoms in total. The van der Waals surface area contributed by atoms with Gasteiger partial charge in [-0.15, -0.1) is 0 Å². The first-order valence-corrected chi connectivity index (χ1v) is 4.38. The molecule has 0 atom stereocenters. The van der Waals surface area contributed by atoms with Crippen LogP contribution in [0, 0.1) is 0 Å². The summed E-state index contributed by atoms with van der Waals surface area (Å²) >= 11 is 0. The van der Waals surface area contributed by atoms with Gasteiger partial charge in [-0.1, -0.05) is 18.2 Å². The zero-order chi connectivity index (χ0) is 9.10. The summed E-state index contributed by atoms with van der Waals surface area (Å²) in [7, 11) is -0.542. The molecule has 0 unspecified atom stereocenters. The van der Waals surface area contributed by atoms with Crippen molar-refractivity contribution in [2.75, 3.05) is 6.61 Å². The lowest BCUT2D eigenvalue weighted by atomic mass is 10.1. The molecule has 0 aliphatic carbocycles. The van der Waals surface area contributed by atoms with E-state index in [2.05, 4.69) is 0 Å². The first-order valence-electron chi connectivity index (χ1n) is 4.38. The predicted molar refractivity (Wildman–Crippen MR) is 49.2 cm³/mol. The van der Waals surface area contributed by atoms with E-state index in [-0.39, 0.29) is 0 Å². The highest BCUT2D eigenvalue weighted by Crippen LogP contribution is 2.24. The molecular weight excluding hydrogens is 167 g/mol. The summed E-state index contributed by atoms with van der Waals surface area (Å²) in [4.78, 5) is 0. The van der Waals surface area contributed by atoms with Crippen LogP contribution in [0.25, 0.3) is 0 Å². The van der Waals surface area contributed by atoms with Crippen LogP contribution in [-0.2, 0) is 15.9 Å². The van der Waals surface area contributed by atoms with E-state index in [0.29, 0.717) is 13.2 Å². The third-order valence-corrected chi connectivity index (χ3v) is 1.87. The number of para-hydroxylation sites is 1. The Morgan fingerprint density at radius 2 is 2.31 bits per heavy atom. The molecular formula is C9H11BO3. The van der Waals surface area contributed by atoms with Crippen molar-refractivity contribution in [2.45, 2.75) is 13.5 Å². The molecule has 0 bridgehead atoms. The van der Waals surface area contributed by atoms with Crippen LogP contribution in [0.2, 0.25) is 0 Å². The Morgan fingerprint density at radius 3 is 3.15 bits per heavy atom. The van der Waals surface area contributed by atoms with E-state index < -0.39 is 7.32 Å². The first kappa shape index (κ1) is 8.60. The number of hydrogen-bond donors (Lipinski definition) is 0. The number of rotatable bonds is 2. The van der Waals surface area contributed by atoms with Crippen LogP contribution in [0.15, 0.2) is 24.3 Å². The maximum Gasteiger partial charge on any atom is 0.713 e. The Bertz CT molecular complexity index is 290. The van der Waals surface area contributed by atoms with E-state index in [9.17, 15) is 0 Å². The average Bonchev–Trinajstić information content (AvgIpc) is 2.18. The monoisotopic (exact) mass is 178 g/mol. The van der Waals surface area contributed by atoms with Gasteiger partial charge in [0.25, 0.3) is 0 Å². The lowest BCUT2D eigenvalue weighted by Gasteiger charge is -2.21. The van der Waals surface area contributed by atoms with E-state index in [4.69, 9.17) is 14.0 Å². The van der Waals surface area contributed by atoms with Crippen molar-refractivity contribution in [3.05, 3.63) is 29.8 Å². The summed E-state index contributed by atoms with van der Waals surface area (Å²) in [6.07, 6.45) is 0. The molecule has 0 saturated carbocycles. The van der Waals surface area contributed by atoms with Crippen molar-refractivity contribution < 1.29 is 14.0 Å². The summed E-state index contributed by atoms with van der Waals surface area (Å²) < 4.78 is 15.9. The highest BCUT2D eigenvalue weighted by atomic mass is 16.7. The molecule has 0 fully saturated rings. The van der Waals surface area contributed by atoms with Gasteiger partial charge in [0.15, 0.2) is 0 Å². The summed E-state index contributed by atoms with van der Waals surface area (Å²) in [6, 6.07) is 7.81. The second-order valence-corrected chi connectivity index (χ2v) is 2.78. The Balaban J connectivity index is 2.11. The van der Waals surface area contributed by atoms with Gasteiger partial charge < -0.3 is 14.0 Å². The molecule has 0 saturated heterocycles. The van der Waals surface area contributed by atoms with Crippen LogP contribution in [0.3, 0.4) is 0 Å². The number of hydrogen-bond acceptors (Lipinski definition) is 3. The highest BCUT2D eigenvalue weighted by Gasteiger charge is 2.28. The normalized spacial score (nSPS) is 15.0. The smallest absolute Gasteiger partial charge is 0.511 e. The maximum atomic E-state index is 5.43. The van der Waals surface area contributed by atoms with Crippen molar-refractivity contribution in [2.24, 2.45) is 0 Å². The molecule has 1 heterocycles. The quantitative estimate of drug-likeness (QED) is 0.644. The minimum atomic E-state index is -0.542. The Kier molecular flexibility index (Phi) is 2.52. The number of fused-ring (bicyclic) bond motifs is 1. The largest absolute Gasteiger partial charge is 0.713 e. The first-order chi connectivity index (χ1) is 6.40. The fraction of sp³-hybridized carbons (Fsp3) is 0.333. The van der Waals surface area contributed by atoms with E-state index in [0.717, 1.165) is 11.3 Å². The van der Waals surface area contributed by atoms with Gasteiger partial charge in [0.1, 0.15) is 5.75 Å². The zero-order valence-electron chi connectivity index (χ0n) is 7.53. The zero-order valence-corrected chi connectivity index (χ0v) is 7.53. The average molecular weight is 178 g/mol. The van der Waals surface area contributed by atoms with Crippen LogP contribution in [0.4, 0.5) is 0 Å². The Morgan fingerprint density at radius 1 is 1.46 bits per heavy atom. The van der Waals surface area contributed by atoms with Crippen molar-refractivity contribution in [1.29, 1.82) is 0 Å². The molecule has 1 aliphatic heterocycles. The molecule has 0 N–H and O–H groups in total. The SMILES string of the molecule is CCOB1OCc2ccccc2O1. The second-order valence-electron chi connectivity index (χ2n) is 2.78. The fourth-order valence-electron chi connectivity index (χ4n) is 1.25. The van der Waals surface area contributed by atoms with E-state index in [1.54, 1.807) is 0 Å². The summed E-state index contributed by atoms with van der Waals surface area (Å²) in [5.41, 5.74) is 1.07. The summed E-state index contributed by atoms with van der Waals surface area (Å²) in [5, 5.41) is 0. The molecule has 68 valence electrons. The Labute approximate surface area is 77.8 Å². The lowest BCUT2D eigenvalue weighted by Crippen LogP contribution is -2.33. The highest BCUT2D eigenvalue weighted by molar-refractivity contribution is 6.37. The van der Waals surface area contributed by atoms with E-state index in [1.807, 2.05) is 31.2 Å². The molecule has 1 aromatic carbocycles. The van der Waals surface area contributed by atoms with Crippen LogP contribution >= 0.6 is 0 Å². The molecule has 2 rings (SSSR count). The van der Waals surface area contributed by atoms with Crippen LogP contribution in [0.5, 0.6) is 5.75 Å². The molecule has 0 amide bonds. The predicted octanol–water partition coefficient (Wildman–Crippen LogP) is 1.62. The Hall–Kier alpha value is -0.995. The number of benzene rings is 1. The van der Waals surface area contributed by atoms with Gasteiger partial charge in [0, 0.05) is 12.2 Å². The van der Waals surface area contributed by atoms with Gasteiger partial charge in [-0.3, -0.25) is 0 Å².